The van der Waals surface area contributed by atoms with Gasteiger partial charge < -0.3 is 14.5 Å². The van der Waals surface area contributed by atoms with Crippen LogP contribution in [0.3, 0.4) is 0 Å². The second kappa shape index (κ2) is 8.49. The number of carbonyl (C=O) groups is 1. The van der Waals surface area contributed by atoms with Gasteiger partial charge in [0, 0.05) is 37.7 Å². The fourth-order valence-corrected chi connectivity index (χ4v) is 4.69. The number of alkyl halides is 2. The number of piperidine rings is 1. The van der Waals surface area contributed by atoms with Gasteiger partial charge >= 0.3 is 6.01 Å². The van der Waals surface area contributed by atoms with Gasteiger partial charge in [0.15, 0.2) is 5.65 Å². The van der Waals surface area contributed by atoms with Gasteiger partial charge in [-0.2, -0.15) is 10.1 Å². The molecule has 174 valence electrons. The van der Waals surface area contributed by atoms with Gasteiger partial charge in [-0.1, -0.05) is 0 Å². The third-order valence-electron chi connectivity index (χ3n) is 6.42. The molecule has 0 radical (unpaired) electrons. The van der Waals surface area contributed by atoms with Gasteiger partial charge in [-0.15, -0.1) is 0 Å². The maximum absolute atomic E-state index is 12.8. The summed E-state index contributed by atoms with van der Waals surface area (Å²) in [5.41, 5.74) is 1.51. The van der Waals surface area contributed by atoms with Crippen molar-refractivity contribution in [3.05, 3.63) is 30.4 Å². The van der Waals surface area contributed by atoms with Crippen molar-refractivity contribution in [2.24, 2.45) is 5.41 Å². The van der Waals surface area contributed by atoms with Gasteiger partial charge in [0.1, 0.15) is 17.9 Å². The van der Waals surface area contributed by atoms with E-state index in [-0.39, 0.29) is 17.3 Å². The lowest BCUT2D eigenvalue weighted by Crippen LogP contribution is -2.42. The Morgan fingerprint density at radius 3 is 2.76 bits per heavy atom. The summed E-state index contributed by atoms with van der Waals surface area (Å²) in [6, 6.07) is 2.08. The third-order valence-corrected chi connectivity index (χ3v) is 6.42. The lowest BCUT2D eigenvalue weighted by Gasteiger charge is -2.39. The Bertz CT molecular complexity index is 1160. The molecule has 5 rings (SSSR count). The van der Waals surface area contributed by atoms with E-state index in [4.69, 9.17) is 4.74 Å². The maximum Gasteiger partial charge on any atom is 0.316 e. The zero-order valence-corrected chi connectivity index (χ0v) is 18.2. The maximum atomic E-state index is 12.8. The Morgan fingerprint density at radius 2 is 2.00 bits per heavy atom. The third kappa shape index (κ3) is 4.29. The number of likely N-dealkylation sites (tertiary alicyclic amines) is 1. The first-order valence-electron chi connectivity index (χ1n) is 10.8. The van der Waals surface area contributed by atoms with Gasteiger partial charge in [0.25, 0.3) is 6.43 Å². The molecule has 0 aliphatic carbocycles. The smallest absolute Gasteiger partial charge is 0.316 e. The molecule has 0 saturated carbocycles. The molecule has 2 fully saturated rings. The van der Waals surface area contributed by atoms with Crippen LogP contribution < -0.4 is 9.64 Å². The van der Waals surface area contributed by atoms with Gasteiger partial charge in [-0.3, -0.25) is 4.79 Å². The van der Waals surface area contributed by atoms with E-state index >= 15 is 0 Å². The molecule has 1 spiro atoms. The van der Waals surface area contributed by atoms with Crippen LogP contribution in [0.15, 0.2) is 24.7 Å². The summed E-state index contributed by atoms with van der Waals surface area (Å²) < 4.78 is 31.9. The number of halogens is 2. The Balaban J connectivity index is 1.25. The molecule has 0 atom stereocenters. The molecule has 3 aromatic heterocycles. The van der Waals surface area contributed by atoms with E-state index in [0.717, 1.165) is 18.5 Å². The number of fused-ring (bicyclic) bond motifs is 1. The topological polar surface area (TPSA) is 102 Å². The lowest BCUT2D eigenvalue weighted by atomic mass is 9.77. The fraction of sp³-hybridized carbons (Fsp3) is 0.524. The molecule has 0 bridgehead atoms. The minimum absolute atomic E-state index is 0.0837. The summed E-state index contributed by atoms with van der Waals surface area (Å²) in [6.07, 6.45) is 4.39. The molecule has 2 saturated heterocycles. The second-order valence-corrected chi connectivity index (χ2v) is 8.60. The molecule has 0 N–H and O–H groups in total. The van der Waals surface area contributed by atoms with Crippen LogP contribution in [0.4, 0.5) is 14.6 Å². The molecule has 12 heteroatoms. The van der Waals surface area contributed by atoms with Crippen LogP contribution in [-0.4, -0.2) is 73.7 Å². The van der Waals surface area contributed by atoms with E-state index in [0.29, 0.717) is 49.6 Å². The molecule has 2 aliphatic rings. The number of anilines is 1. The van der Waals surface area contributed by atoms with Crippen LogP contribution in [0.25, 0.3) is 11.2 Å². The standard InChI is InChI=1S/C21H24F2N8O2/c1-33-20-24-5-2-14(27-20)11-30-13-21(8-18(30)32)3-6-29(7-4-21)17-10-25-15-9-26-31(12-16(22)23)19(15)28-17/h2,5,9-10,16H,3-4,6-8,11-13H2,1H3. The summed E-state index contributed by atoms with van der Waals surface area (Å²) in [4.78, 5) is 33.9. The van der Waals surface area contributed by atoms with Gasteiger partial charge in [-0.25, -0.2) is 28.4 Å². The van der Waals surface area contributed by atoms with E-state index < -0.39 is 13.0 Å². The Morgan fingerprint density at radius 1 is 1.18 bits per heavy atom. The average molecular weight is 458 g/mol. The molecule has 0 aromatic carbocycles. The Hall–Kier alpha value is -3.44. The lowest BCUT2D eigenvalue weighted by molar-refractivity contribution is -0.128. The second-order valence-electron chi connectivity index (χ2n) is 8.60. The normalized spacial score (nSPS) is 18.1. The minimum atomic E-state index is -2.51. The van der Waals surface area contributed by atoms with Gasteiger partial charge in [0.05, 0.1) is 31.7 Å². The number of methoxy groups -OCH3 is 1. The molecule has 10 nitrogen and oxygen atoms in total. The highest BCUT2D eigenvalue weighted by atomic mass is 19.3. The summed E-state index contributed by atoms with van der Waals surface area (Å²) in [5, 5.41) is 3.97. The van der Waals surface area contributed by atoms with Crippen LogP contribution in [0, 0.1) is 5.41 Å². The van der Waals surface area contributed by atoms with Crippen molar-refractivity contribution < 1.29 is 18.3 Å². The van der Waals surface area contributed by atoms with E-state index in [1.807, 2.05) is 4.90 Å². The van der Waals surface area contributed by atoms with E-state index in [1.165, 1.54) is 18.0 Å². The molecule has 3 aromatic rings. The number of rotatable bonds is 6. The largest absolute Gasteiger partial charge is 0.467 e. The van der Waals surface area contributed by atoms with Gasteiger partial charge in [0.2, 0.25) is 5.91 Å². The average Bonchev–Trinajstić information content (AvgIpc) is 3.34. The quantitative estimate of drug-likeness (QED) is 0.552. The zero-order valence-electron chi connectivity index (χ0n) is 18.2. The van der Waals surface area contributed by atoms with Crippen molar-refractivity contribution in [1.29, 1.82) is 0 Å². The highest BCUT2D eigenvalue weighted by Crippen LogP contribution is 2.42. The Labute approximate surface area is 188 Å². The molecule has 1 amide bonds. The number of hydrogen-bond donors (Lipinski definition) is 0. The summed E-state index contributed by atoms with van der Waals surface area (Å²) in [7, 11) is 1.51. The zero-order chi connectivity index (χ0) is 23.0. The minimum Gasteiger partial charge on any atom is -0.467 e. The molecule has 0 unspecified atom stereocenters. The number of nitrogens with zero attached hydrogens (tertiary/aromatic N) is 8. The van der Waals surface area contributed by atoms with Crippen LogP contribution in [0.2, 0.25) is 0 Å². The van der Waals surface area contributed by atoms with Crippen molar-refractivity contribution in [2.75, 3.05) is 31.6 Å². The first-order chi connectivity index (χ1) is 15.9. The molecule has 2 aliphatic heterocycles. The molecule has 5 heterocycles. The number of amides is 1. The van der Waals surface area contributed by atoms with E-state index in [2.05, 4.69) is 29.9 Å². The highest BCUT2D eigenvalue weighted by Gasteiger charge is 2.45. The Kier molecular flexibility index (Phi) is 5.51. The fourth-order valence-electron chi connectivity index (χ4n) is 4.69. The number of ether oxygens (including phenoxy) is 1. The van der Waals surface area contributed by atoms with Crippen LogP contribution in [0.1, 0.15) is 25.0 Å². The summed E-state index contributed by atoms with van der Waals surface area (Å²) in [5.74, 6) is 0.765. The van der Waals surface area contributed by atoms with Crippen molar-refractivity contribution >= 4 is 22.9 Å². The van der Waals surface area contributed by atoms with Crippen LogP contribution >= 0.6 is 0 Å². The number of carbonyl (C=O) groups excluding carboxylic acids is 1. The van der Waals surface area contributed by atoms with Gasteiger partial charge in [-0.05, 0) is 18.9 Å². The van der Waals surface area contributed by atoms with E-state index in [1.54, 1.807) is 18.5 Å². The summed E-state index contributed by atoms with van der Waals surface area (Å²) >= 11 is 0. The monoisotopic (exact) mass is 458 g/mol. The predicted octanol–water partition coefficient (Wildman–Crippen LogP) is 1.91. The van der Waals surface area contributed by atoms with Crippen molar-refractivity contribution in [3.63, 3.8) is 0 Å². The SMILES string of the molecule is COc1nccc(CN2CC3(CCN(c4cnc5cnn(CC(F)F)c5n4)CC3)CC2=O)n1. The van der Waals surface area contributed by atoms with Crippen LogP contribution in [0.5, 0.6) is 6.01 Å². The van der Waals surface area contributed by atoms with Crippen molar-refractivity contribution in [3.8, 4) is 6.01 Å². The summed E-state index contributed by atoms with van der Waals surface area (Å²) in [6.45, 7) is 2.02. The predicted molar refractivity (Wildman–Crippen MR) is 114 cm³/mol. The first-order valence-corrected chi connectivity index (χ1v) is 10.8. The van der Waals surface area contributed by atoms with Crippen molar-refractivity contribution in [2.45, 2.75) is 38.8 Å². The molecule has 33 heavy (non-hydrogen) atoms. The first kappa shape index (κ1) is 21.4. The van der Waals surface area contributed by atoms with E-state index in [9.17, 15) is 13.6 Å². The number of aromatic nitrogens is 6. The van der Waals surface area contributed by atoms with Crippen LogP contribution in [-0.2, 0) is 17.9 Å². The highest BCUT2D eigenvalue weighted by molar-refractivity contribution is 5.79. The molecular weight excluding hydrogens is 434 g/mol. The van der Waals surface area contributed by atoms with Crippen molar-refractivity contribution in [1.82, 2.24) is 34.6 Å². The number of hydrogen-bond acceptors (Lipinski definition) is 8. The molecular formula is C21H24F2N8O2.